The highest BCUT2D eigenvalue weighted by atomic mass is 35.5. The Morgan fingerprint density at radius 3 is 2.79 bits per heavy atom. The van der Waals surface area contributed by atoms with Gasteiger partial charge in [-0.15, -0.1) is 0 Å². The molecule has 2 heterocycles. The number of pyridine rings is 1. The highest BCUT2D eigenvalue weighted by Gasteiger charge is 2.30. The van der Waals surface area contributed by atoms with Gasteiger partial charge in [-0.25, -0.2) is 4.39 Å². The number of benzene rings is 1. The number of fused-ring (bicyclic) bond motifs is 1. The minimum atomic E-state index is -0.939. The van der Waals surface area contributed by atoms with E-state index in [-0.39, 0.29) is 28.4 Å². The number of nitrogens with zero attached hydrogens (tertiary/aromatic N) is 2. The normalized spacial score (nSPS) is 13.3. The van der Waals surface area contributed by atoms with Gasteiger partial charge in [0.15, 0.2) is 11.4 Å². The third-order valence-electron chi connectivity index (χ3n) is 4.85. The van der Waals surface area contributed by atoms with Crippen LogP contribution in [0.4, 0.5) is 4.39 Å². The number of carbonyl (C=O) groups is 2. The maximum atomic E-state index is 14.0. The number of aromatic nitrogens is 1. The molecule has 154 valence electrons. The van der Waals surface area contributed by atoms with Crippen molar-refractivity contribution in [2.75, 3.05) is 13.1 Å². The van der Waals surface area contributed by atoms with E-state index in [4.69, 9.17) is 11.6 Å². The summed E-state index contributed by atoms with van der Waals surface area (Å²) in [6.45, 7) is 3.13. The van der Waals surface area contributed by atoms with Gasteiger partial charge in [0.05, 0.1) is 5.02 Å². The lowest BCUT2D eigenvalue weighted by atomic mass is 10.1. The van der Waals surface area contributed by atoms with Crippen molar-refractivity contribution in [2.24, 2.45) is 0 Å². The van der Waals surface area contributed by atoms with E-state index in [2.05, 4.69) is 5.32 Å². The van der Waals surface area contributed by atoms with E-state index < -0.39 is 28.8 Å². The van der Waals surface area contributed by atoms with Gasteiger partial charge in [0.2, 0.25) is 5.43 Å². The summed E-state index contributed by atoms with van der Waals surface area (Å²) in [5.41, 5.74) is -1.21. The maximum Gasteiger partial charge on any atom is 0.274 e. The second-order valence-corrected chi connectivity index (χ2v) is 7.21. The van der Waals surface area contributed by atoms with Crippen LogP contribution in [0, 0.1) is 5.82 Å². The molecular formula is C20H21ClFN3O4. The van der Waals surface area contributed by atoms with Gasteiger partial charge in [-0.1, -0.05) is 37.1 Å². The number of amides is 2. The molecule has 0 fully saturated rings. The maximum absolute atomic E-state index is 14.0. The largest absolute Gasteiger partial charge is 0.503 e. The molecule has 1 aromatic carbocycles. The molecule has 0 spiro atoms. The first-order chi connectivity index (χ1) is 13.8. The van der Waals surface area contributed by atoms with Gasteiger partial charge in [-0.3, -0.25) is 14.4 Å². The van der Waals surface area contributed by atoms with E-state index in [1.807, 2.05) is 6.92 Å². The van der Waals surface area contributed by atoms with Gasteiger partial charge < -0.3 is 19.9 Å². The van der Waals surface area contributed by atoms with Crippen LogP contribution >= 0.6 is 11.6 Å². The molecule has 7 nitrogen and oxygen atoms in total. The fraction of sp³-hybridized carbons (Fsp3) is 0.350. The monoisotopic (exact) mass is 421 g/mol. The average molecular weight is 422 g/mol. The molecular weight excluding hydrogens is 401 g/mol. The summed E-state index contributed by atoms with van der Waals surface area (Å²) >= 11 is 5.72. The Kier molecular flexibility index (Phi) is 6.22. The van der Waals surface area contributed by atoms with E-state index in [1.54, 1.807) is 11.0 Å². The number of rotatable bonds is 6. The number of halogens is 2. The summed E-state index contributed by atoms with van der Waals surface area (Å²) in [5.74, 6) is -2.62. The first kappa shape index (κ1) is 20.9. The number of unbranched alkanes of at least 4 members (excludes halogenated alkanes) is 1. The molecule has 0 bridgehead atoms. The van der Waals surface area contributed by atoms with E-state index in [9.17, 15) is 23.9 Å². The van der Waals surface area contributed by atoms with Gasteiger partial charge in [0.25, 0.3) is 11.8 Å². The predicted molar refractivity (Wildman–Crippen MR) is 106 cm³/mol. The number of nitrogens with one attached hydrogen (secondary N) is 1. The summed E-state index contributed by atoms with van der Waals surface area (Å²) in [4.78, 5) is 39.2. The molecule has 0 saturated heterocycles. The third kappa shape index (κ3) is 4.12. The summed E-state index contributed by atoms with van der Waals surface area (Å²) in [6, 6.07) is 4.39. The molecule has 3 rings (SSSR count). The predicted octanol–water partition coefficient (Wildman–Crippen LogP) is 2.53. The van der Waals surface area contributed by atoms with Crippen LogP contribution in [0.3, 0.4) is 0 Å². The molecule has 0 unspecified atom stereocenters. The quantitative estimate of drug-likeness (QED) is 0.749. The first-order valence-electron chi connectivity index (χ1n) is 9.31. The van der Waals surface area contributed by atoms with Crippen molar-refractivity contribution in [3.05, 3.63) is 62.3 Å². The summed E-state index contributed by atoms with van der Waals surface area (Å²) in [6.07, 6.45) is 2.99. The lowest BCUT2D eigenvalue weighted by molar-refractivity contribution is 0.0693. The number of carbonyl (C=O) groups excluding carboxylic acids is 2. The average Bonchev–Trinajstić information content (AvgIpc) is 2.70. The molecule has 2 aromatic rings. The summed E-state index contributed by atoms with van der Waals surface area (Å²) in [5, 5.41) is 12.7. The molecule has 0 saturated carbocycles. The van der Waals surface area contributed by atoms with Crippen molar-refractivity contribution in [1.82, 2.24) is 14.8 Å². The van der Waals surface area contributed by atoms with E-state index in [1.165, 1.54) is 22.9 Å². The molecule has 1 aromatic heterocycles. The fourth-order valence-corrected chi connectivity index (χ4v) is 3.40. The Morgan fingerprint density at radius 2 is 2.07 bits per heavy atom. The zero-order valence-corrected chi connectivity index (χ0v) is 16.6. The van der Waals surface area contributed by atoms with Crippen LogP contribution in [0.5, 0.6) is 5.75 Å². The van der Waals surface area contributed by atoms with Crippen molar-refractivity contribution in [3.63, 3.8) is 0 Å². The molecule has 9 heteroatoms. The minimum Gasteiger partial charge on any atom is -0.503 e. The number of hydrogen-bond donors (Lipinski definition) is 2. The smallest absolute Gasteiger partial charge is 0.274 e. The van der Waals surface area contributed by atoms with Crippen LogP contribution in [0.15, 0.2) is 29.2 Å². The molecule has 0 radical (unpaired) electrons. The van der Waals surface area contributed by atoms with Gasteiger partial charge in [0.1, 0.15) is 11.4 Å². The molecule has 2 amide bonds. The first-order valence-corrected chi connectivity index (χ1v) is 9.69. The topological polar surface area (TPSA) is 91.6 Å². The van der Waals surface area contributed by atoms with Crippen LogP contribution in [0.25, 0.3) is 0 Å². The Morgan fingerprint density at radius 1 is 1.31 bits per heavy atom. The molecule has 0 aliphatic carbocycles. The zero-order valence-electron chi connectivity index (χ0n) is 15.9. The van der Waals surface area contributed by atoms with E-state index in [0.717, 1.165) is 12.8 Å². The summed E-state index contributed by atoms with van der Waals surface area (Å²) in [7, 11) is 0. The molecule has 0 atom stereocenters. The van der Waals surface area contributed by atoms with Crippen LogP contribution in [0.2, 0.25) is 5.02 Å². The molecule has 1 aliphatic heterocycles. The van der Waals surface area contributed by atoms with E-state index >= 15 is 0 Å². The SMILES string of the molecule is CCCCN1CCn2cc(C(=O)NCc3cccc(Cl)c3F)c(=O)c(O)c2C1=O. The van der Waals surface area contributed by atoms with Gasteiger partial charge >= 0.3 is 0 Å². The van der Waals surface area contributed by atoms with Crippen LogP contribution in [-0.2, 0) is 13.1 Å². The Balaban J connectivity index is 1.84. The van der Waals surface area contributed by atoms with Crippen LogP contribution < -0.4 is 10.7 Å². The Bertz CT molecular complexity index is 1020. The van der Waals surface area contributed by atoms with Gasteiger partial charge in [-0.2, -0.15) is 0 Å². The minimum absolute atomic E-state index is 0.0746. The summed E-state index contributed by atoms with van der Waals surface area (Å²) < 4.78 is 15.4. The van der Waals surface area contributed by atoms with Crippen molar-refractivity contribution >= 4 is 23.4 Å². The van der Waals surface area contributed by atoms with E-state index in [0.29, 0.717) is 19.6 Å². The standard InChI is InChI=1S/C20H21ClFN3O4/c1-2-3-7-24-8-9-25-11-13(17(26)18(27)16(25)20(24)29)19(28)23-10-12-5-4-6-14(21)15(12)22/h4-6,11,27H,2-3,7-10H2,1H3,(H,23,28). The third-order valence-corrected chi connectivity index (χ3v) is 5.15. The van der Waals surface area contributed by atoms with Crippen LogP contribution in [-0.4, -0.2) is 39.5 Å². The lowest BCUT2D eigenvalue weighted by Crippen LogP contribution is -2.43. The molecule has 2 N–H and O–H groups in total. The zero-order chi connectivity index (χ0) is 21.1. The Hall–Kier alpha value is -2.87. The second-order valence-electron chi connectivity index (χ2n) is 6.80. The van der Waals surface area contributed by atoms with Crippen molar-refractivity contribution in [2.45, 2.75) is 32.9 Å². The van der Waals surface area contributed by atoms with Crippen LogP contribution in [0.1, 0.15) is 46.2 Å². The Labute approximate surface area is 171 Å². The highest BCUT2D eigenvalue weighted by Crippen LogP contribution is 2.21. The molecule has 1 aliphatic rings. The van der Waals surface area contributed by atoms with Crippen molar-refractivity contribution < 1.29 is 19.1 Å². The molecule has 29 heavy (non-hydrogen) atoms. The lowest BCUT2D eigenvalue weighted by Gasteiger charge is -2.30. The van der Waals surface area contributed by atoms with Gasteiger partial charge in [0, 0.05) is 37.9 Å². The highest BCUT2D eigenvalue weighted by molar-refractivity contribution is 6.30. The number of hydrogen-bond acceptors (Lipinski definition) is 4. The van der Waals surface area contributed by atoms with Crippen molar-refractivity contribution in [1.29, 1.82) is 0 Å². The van der Waals surface area contributed by atoms with Crippen molar-refractivity contribution in [3.8, 4) is 5.75 Å². The number of aromatic hydroxyl groups is 1. The fourth-order valence-electron chi connectivity index (χ4n) is 3.21. The van der Waals surface area contributed by atoms with Gasteiger partial charge in [-0.05, 0) is 12.5 Å². The second kappa shape index (κ2) is 8.65.